The molecule has 2 amide bonds. The number of piperazine rings is 1. The molecule has 0 bridgehead atoms. The van der Waals surface area contributed by atoms with Crippen LogP contribution in [0.15, 0.2) is 12.1 Å². The minimum Gasteiger partial charge on any atom is -0.493 e. The Kier molecular flexibility index (Phi) is 8.19. The molecule has 1 N–H and O–H groups in total. The second kappa shape index (κ2) is 10.6. The van der Waals surface area contributed by atoms with Gasteiger partial charge in [-0.1, -0.05) is 0 Å². The second-order valence-electron chi connectivity index (χ2n) is 6.24. The zero-order valence-electron chi connectivity index (χ0n) is 16.9. The molecule has 1 aromatic carbocycles. The third kappa shape index (κ3) is 5.66. The van der Waals surface area contributed by atoms with E-state index < -0.39 is 0 Å². The molecule has 0 radical (unpaired) electrons. The van der Waals surface area contributed by atoms with E-state index in [4.69, 9.17) is 18.9 Å². The Bertz CT molecular complexity index is 649. The van der Waals surface area contributed by atoms with Gasteiger partial charge >= 0.3 is 6.09 Å². The number of anilines is 1. The monoisotopic (exact) mass is 395 g/mol. The molecule has 28 heavy (non-hydrogen) atoms. The number of hydrogen-bond donors (Lipinski definition) is 1. The predicted octanol–water partition coefficient (Wildman–Crippen LogP) is 1.82. The molecular formula is C19H29N3O6. The van der Waals surface area contributed by atoms with Crippen molar-refractivity contribution >= 4 is 17.7 Å². The minimum atomic E-state index is -0.276. The number of amides is 2. The van der Waals surface area contributed by atoms with E-state index in [1.165, 1.54) is 21.3 Å². The average Bonchev–Trinajstić information content (AvgIpc) is 2.72. The lowest BCUT2D eigenvalue weighted by Gasteiger charge is -2.33. The van der Waals surface area contributed by atoms with Crippen LogP contribution < -0.4 is 19.5 Å². The Hall–Kier alpha value is -2.68. The summed E-state index contributed by atoms with van der Waals surface area (Å²) < 4.78 is 20.9. The molecule has 0 aliphatic carbocycles. The lowest BCUT2D eigenvalue weighted by atomic mass is 10.2. The molecule has 1 aliphatic rings. The van der Waals surface area contributed by atoms with Crippen molar-refractivity contribution in [3.05, 3.63) is 12.1 Å². The number of hydrogen-bond acceptors (Lipinski definition) is 7. The summed E-state index contributed by atoms with van der Waals surface area (Å²) in [6.07, 6.45) is 0.0677. The molecular weight excluding hydrogens is 366 g/mol. The van der Waals surface area contributed by atoms with Gasteiger partial charge < -0.3 is 29.2 Å². The highest BCUT2D eigenvalue weighted by Gasteiger charge is 2.22. The zero-order valence-corrected chi connectivity index (χ0v) is 16.9. The van der Waals surface area contributed by atoms with Crippen molar-refractivity contribution < 1.29 is 28.5 Å². The van der Waals surface area contributed by atoms with E-state index >= 15 is 0 Å². The topological polar surface area (TPSA) is 89.6 Å². The van der Waals surface area contributed by atoms with Crippen LogP contribution in [0.3, 0.4) is 0 Å². The van der Waals surface area contributed by atoms with Crippen LogP contribution >= 0.6 is 0 Å². The van der Waals surface area contributed by atoms with Crippen LogP contribution in [0.25, 0.3) is 0 Å². The van der Waals surface area contributed by atoms with E-state index in [1.807, 2.05) is 0 Å². The highest BCUT2D eigenvalue weighted by atomic mass is 16.6. The summed E-state index contributed by atoms with van der Waals surface area (Å²) in [6.45, 7) is 5.43. The zero-order chi connectivity index (χ0) is 20.5. The van der Waals surface area contributed by atoms with E-state index in [0.29, 0.717) is 55.6 Å². The molecule has 1 heterocycles. The van der Waals surface area contributed by atoms with E-state index in [1.54, 1.807) is 24.0 Å². The number of ether oxygens (including phenoxy) is 4. The standard InChI is InChI=1S/C19H29N3O6/c1-5-28-19(24)22-10-8-21(9-11-22)7-6-17(23)20-14-12-15(25-2)18(27-4)16(13-14)26-3/h12-13H,5-11H2,1-4H3,(H,20,23). The van der Waals surface area contributed by atoms with Crippen LogP contribution in [0.1, 0.15) is 13.3 Å². The van der Waals surface area contributed by atoms with Crippen LogP contribution in [0.4, 0.5) is 10.5 Å². The Balaban J connectivity index is 1.84. The molecule has 1 fully saturated rings. The fourth-order valence-corrected chi connectivity index (χ4v) is 3.01. The Morgan fingerprint density at radius 1 is 1.00 bits per heavy atom. The van der Waals surface area contributed by atoms with E-state index in [-0.39, 0.29) is 12.0 Å². The predicted molar refractivity (Wildman–Crippen MR) is 104 cm³/mol. The molecule has 0 aromatic heterocycles. The highest BCUT2D eigenvalue weighted by molar-refractivity contribution is 5.91. The van der Waals surface area contributed by atoms with Crippen LogP contribution in [0.5, 0.6) is 17.2 Å². The molecule has 0 atom stereocenters. The van der Waals surface area contributed by atoms with Crippen LogP contribution in [-0.2, 0) is 9.53 Å². The summed E-state index contributed by atoms with van der Waals surface area (Å²) in [5.41, 5.74) is 0.576. The van der Waals surface area contributed by atoms with Crippen molar-refractivity contribution in [1.29, 1.82) is 0 Å². The molecule has 1 aliphatic heterocycles. The first kappa shape index (κ1) is 21.6. The van der Waals surface area contributed by atoms with Crippen molar-refractivity contribution in [3.63, 3.8) is 0 Å². The molecule has 156 valence electrons. The molecule has 2 rings (SSSR count). The maximum absolute atomic E-state index is 12.3. The van der Waals surface area contributed by atoms with Gasteiger partial charge in [0.05, 0.1) is 27.9 Å². The summed E-state index contributed by atoms with van der Waals surface area (Å²) in [7, 11) is 4.58. The van der Waals surface area contributed by atoms with Gasteiger partial charge in [-0.15, -0.1) is 0 Å². The number of nitrogens with one attached hydrogen (secondary N) is 1. The summed E-state index contributed by atoms with van der Waals surface area (Å²) in [5.74, 6) is 1.32. The minimum absolute atomic E-state index is 0.109. The van der Waals surface area contributed by atoms with Gasteiger partial charge in [0.2, 0.25) is 11.7 Å². The third-order valence-electron chi connectivity index (χ3n) is 4.50. The summed E-state index contributed by atoms with van der Waals surface area (Å²) in [5, 5.41) is 2.86. The molecule has 9 nitrogen and oxygen atoms in total. The number of rotatable bonds is 8. The maximum Gasteiger partial charge on any atom is 0.409 e. The van der Waals surface area contributed by atoms with Gasteiger partial charge in [-0.05, 0) is 6.92 Å². The normalized spacial score (nSPS) is 14.4. The quantitative estimate of drug-likeness (QED) is 0.718. The lowest BCUT2D eigenvalue weighted by Crippen LogP contribution is -2.49. The van der Waals surface area contributed by atoms with Crippen molar-refractivity contribution in [2.75, 3.05) is 66.0 Å². The fourth-order valence-electron chi connectivity index (χ4n) is 3.01. The Morgan fingerprint density at radius 3 is 2.11 bits per heavy atom. The Labute approximate surface area is 165 Å². The van der Waals surface area contributed by atoms with Gasteiger partial charge in [0, 0.05) is 57.0 Å². The lowest BCUT2D eigenvalue weighted by molar-refractivity contribution is -0.116. The first-order chi connectivity index (χ1) is 13.5. The Morgan fingerprint density at radius 2 is 1.61 bits per heavy atom. The first-order valence-electron chi connectivity index (χ1n) is 9.26. The fraction of sp³-hybridized carbons (Fsp3) is 0.579. The van der Waals surface area contributed by atoms with Crippen LogP contribution in [0, 0.1) is 0 Å². The molecule has 0 saturated carbocycles. The molecule has 1 aromatic rings. The molecule has 0 spiro atoms. The van der Waals surface area contributed by atoms with Crippen molar-refractivity contribution in [3.8, 4) is 17.2 Å². The largest absolute Gasteiger partial charge is 0.493 e. The van der Waals surface area contributed by atoms with Gasteiger partial charge in [0.1, 0.15) is 0 Å². The highest BCUT2D eigenvalue weighted by Crippen LogP contribution is 2.39. The third-order valence-corrected chi connectivity index (χ3v) is 4.50. The number of benzene rings is 1. The number of carbonyl (C=O) groups is 2. The first-order valence-corrected chi connectivity index (χ1v) is 9.26. The molecule has 1 saturated heterocycles. The summed E-state index contributed by atoms with van der Waals surface area (Å²) in [6, 6.07) is 3.38. The van der Waals surface area contributed by atoms with Gasteiger partial charge in [0.25, 0.3) is 0 Å². The van der Waals surface area contributed by atoms with E-state index in [2.05, 4.69) is 10.2 Å². The van der Waals surface area contributed by atoms with E-state index in [0.717, 1.165) is 13.1 Å². The van der Waals surface area contributed by atoms with E-state index in [9.17, 15) is 9.59 Å². The van der Waals surface area contributed by atoms with Crippen molar-refractivity contribution in [2.24, 2.45) is 0 Å². The number of nitrogens with zero attached hydrogens (tertiary/aromatic N) is 2. The van der Waals surface area contributed by atoms with Crippen LogP contribution in [-0.4, -0.2) is 82.5 Å². The van der Waals surface area contributed by atoms with Crippen molar-refractivity contribution in [2.45, 2.75) is 13.3 Å². The number of methoxy groups -OCH3 is 3. The average molecular weight is 395 g/mol. The number of carbonyl (C=O) groups excluding carboxylic acids is 2. The summed E-state index contributed by atoms with van der Waals surface area (Å²) >= 11 is 0. The van der Waals surface area contributed by atoms with Gasteiger partial charge in [0.15, 0.2) is 11.5 Å². The smallest absolute Gasteiger partial charge is 0.409 e. The van der Waals surface area contributed by atoms with Crippen molar-refractivity contribution in [1.82, 2.24) is 9.80 Å². The summed E-state index contributed by atoms with van der Waals surface area (Å²) in [4.78, 5) is 27.9. The second-order valence-corrected chi connectivity index (χ2v) is 6.24. The van der Waals surface area contributed by atoms with Gasteiger partial charge in [-0.25, -0.2) is 4.79 Å². The van der Waals surface area contributed by atoms with Crippen LogP contribution in [0.2, 0.25) is 0 Å². The SMILES string of the molecule is CCOC(=O)N1CCN(CCC(=O)Nc2cc(OC)c(OC)c(OC)c2)CC1. The van der Waals surface area contributed by atoms with Gasteiger partial charge in [-0.2, -0.15) is 0 Å². The molecule has 9 heteroatoms. The molecule has 0 unspecified atom stereocenters. The maximum atomic E-state index is 12.3. The van der Waals surface area contributed by atoms with Gasteiger partial charge in [-0.3, -0.25) is 9.69 Å².